The largest absolute Gasteiger partial charge is 0.438 e. The molecule has 0 radical (unpaired) electrons. The topological polar surface area (TPSA) is 42.1 Å². The monoisotopic (exact) mass is 443 g/mol. The SMILES string of the molecule is Cc1cc(C(C)N2CCC(CC3(C)CO3)(c3ccccc3)OC2=O)ccc1Br. The number of epoxide rings is 1. The number of benzene rings is 2. The average Bonchev–Trinajstić information content (AvgIpc) is 3.40. The number of aryl methyl sites for hydroxylation is 1. The van der Waals surface area contributed by atoms with Crippen LogP contribution in [0.5, 0.6) is 0 Å². The van der Waals surface area contributed by atoms with E-state index < -0.39 is 5.60 Å². The van der Waals surface area contributed by atoms with Gasteiger partial charge < -0.3 is 14.4 Å². The first-order valence-corrected chi connectivity index (χ1v) is 10.6. The summed E-state index contributed by atoms with van der Waals surface area (Å²) in [6, 6.07) is 16.3. The Kier molecular flexibility index (Phi) is 5.00. The Hall–Kier alpha value is -1.85. The fourth-order valence-electron chi connectivity index (χ4n) is 4.13. The number of rotatable bonds is 5. The van der Waals surface area contributed by atoms with E-state index in [9.17, 15) is 4.79 Å². The molecule has 0 aromatic heterocycles. The highest BCUT2D eigenvalue weighted by molar-refractivity contribution is 9.10. The minimum atomic E-state index is -0.630. The smallest absolute Gasteiger partial charge is 0.411 e. The van der Waals surface area contributed by atoms with Crippen LogP contribution < -0.4 is 0 Å². The molecule has 0 spiro atoms. The van der Waals surface area contributed by atoms with Crippen LogP contribution in [0.1, 0.15) is 49.4 Å². The van der Waals surface area contributed by atoms with E-state index in [0.717, 1.165) is 34.2 Å². The molecule has 2 saturated heterocycles. The molecule has 4 nitrogen and oxygen atoms in total. The van der Waals surface area contributed by atoms with E-state index in [1.807, 2.05) is 29.2 Å². The van der Waals surface area contributed by atoms with Crippen molar-refractivity contribution in [3.05, 3.63) is 69.7 Å². The molecule has 4 rings (SSSR count). The number of cyclic esters (lactones) is 1. The zero-order valence-corrected chi connectivity index (χ0v) is 18.2. The summed E-state index contributed by atoms with van der Waals surface area (Å²) < 4.78 is 12.9. The molecule has 2 fully saturated rings. The lowest BCUT2D eigenvalue weighted by Gasteiger charge is -2.44. The van der Waals surface area contributed by atoms with Gasteiger partial charge >= 0.3 is 6.09 Å². The minimum Gasteiger partial charge on any atom is -0.438 e. The first kappa shape index (κ1) is 19.5. The Labute approximate surface area is 175 Å². The Morgan fingerprint density at radius 3 is 2.54 bits per heavy atom. The van der Waals surface area contributed by atoms with Crippen molar-refractivity contribution in [1.29, 1.82) is 0 Å². The maximum atomic E-state index is 13.1. The summed E-state index contributed by atoms with van der Waals surface area (Å²) in [5.41, 5.74) is 2.49. The summed E-state index contributed by atoms with van der Waals surface area (Å²) >= 11 is 3.54. The van der Waals surface area contributed by atoms with Crippen LogP contribution in [0, 0.1) is 6.92 Å². The molecule has 28 heavy (non-hydrogen) atoms. The van der Waals surface area contributed by atoms with Crippen LogP contribution in [0.4, 0.5) is 4.79 Å². The summed E-state index contributed by atoms with van der Waals surface area (Å²) in [6.07, 6.45) is 1.18. The van der Waals surface area contributed by atoms with E-state index in [0.29, 0.717) is 13.0 Å². The maximum Gasteiger partial charge on any atom is 0.411 e. The van der Waals surface area contributed by atoms with E-state index in [4.69, 9.17) is 9.47 Å². The average molecular weight is 444 g/mol. The van der Waals surface area contributed by atoms with Gasteiger partial charge in [0.25, 0.3) is 0 Å². The molecular formula is C23H26BrNO3. The highest BCUT2D eigenvalue weighted by atomic mass is 79.9. The van der Waals surface area contributed by atoms with Gasteiger partial charge in [0.2, 0.25) is 0 Å². The van der Waals surface area contributed by atoms with Crippen LogP contribution in [0.2, 0.25) is 0 Å². The fraction of sp³-hybridized carbons (Fsp3) is 0.435. The lowest BCUT2D eigenvalue weighted by molar-refractivity contribution is -0.0750. The van der Waals surface area contributed by atoms with Crippen LogP contribution >= 0.6 is 15.9 Å². The second-order valence-corrected chi connectivity index (χ2v) is 9.13. The molecule has 0 bridgehead atoms. The van der Waals surface area contributed by atoms with Crippen molar-refractivity contribution in [3.63, 3.8) is 0 Å². The zero-order valence-electron chi connectivity index (χ0n) is 16.6. The molecule has 2 aromatic rings. The van der Waals surface area contributed by atoms with E-state index in [1.165, 1.54) is 0 Å². The summed E-state index contributed by atoms with van der Waals surface area (Å²) in [7, 11) is 0. The van der Waals surface area contributed by atoms with Gasteiger partial charge in [-0.1, -0.05) is 58.4 Å². The molecule has 5 heteroatoms. The van der Waals surface area contributed by atoms with Crippen molar-refractivity contribution in [2.75, 3.05) is 13.2 Å². The number of halogens is 1. The number of hydrogen-bond acceptors (Lipinski definition) is 3. The molecule has 2 aliphatic rings. The van der Waals surface area contributed by atoms with Crippen molar-refractivity contribution < 1.29 is 14.3 Å². The number of carbonyl (C=O) groups excluding carboxylic acids is 1. The minimum absolute atomic E-state index is 0.0409. The van der Waals surface area contributed by atoms with Gasteiger partial charge in [0.15, 0.2) is 0 Å². The third kappa shape index (κ3) is 3.70. The first-order chi connectivity index (χ1) is 13.3. The van der Waals surface area contributed by atoms with E-state index in [2.05, 4.69) is 61.0 Å². The van der Waals surface area contributed by atoms with Gasteiger partial charge in [-0.3, -0.25) is 0 Å². The van der Waals surface area contributed by atoms with Gasteiger partial charge in [0.05, 0.1) is 18.2 Å². The third-order valence-corrected chi connectivity index (χ3v) is 6.89. The van der Waals surface area contributed by atoms with Crippen molar-refractivity contribution in [2.45, 2.75) is 50.9 Å². The summed E-state index contributed by atoms with van der Waals surface area (Å²) in [5.74, 6) is 0. The van der Waals surface area contributed by atoms with Crippen molar-refractivity contribution >= 4 is 22.0 Å². The van der Waals surface area contributed by atoms with Crippen LogP contribution in [-0.2, 0) is 15.1 Å². The van der Waals surface area contributed by atoms with E-state index in [1.54, 1.807) is 0 Å². The highest BCUT2D eigenvalue weighted by Gasteiger charge is 2.52. The van der Waals surface area contributed by atoms with E-state index >= 15 is 0 Å². The third-order valence-electron chi connectivity index (χ3n) is 6.00. The molecule has 148 valence electrons. The molecular weight excluding hydrogens is 418 g/mol. The maximum absolute atomic E-state index is 13.1. The first-order valence-electron chi connectivity index (χ1n) is 9.77. The van der Waals surface area contributed by atoms with Gasteiger partial charge in [-0.05, 0) is 43.5 Å². The van der Waals surface area contributed by atoms with Crippen LogP contribution in [0.3, 0.4) is 0 Å². The highest BCUT2D eigenvalue weighted by Crippen LogP contribution is 2.46. The predicted molar refractivity (Wildman–Crippen MR) is 112 cm³/mol. The molecule has 2 aliphatic heterocycles. The van der Waals surface area contributed by atoms with Crippen molar-refractivity contribution in [1.82, 2.24) is 4.90 Å². The van der Waals surface area contributed by atoms with Crippen molar-refractivity contribution in [3.8, 4) is 0 Å². The van der Waals surface area contributed by atoms with Gasteiger partial charge in [-0.15, -0.1) is 0 Å². The number of ether oxygens (including phenoxy) is 2. The van der Waals surface area contributed by atoms with Crippen LogP contribution in [0.25, 0.3) is 0 Å². The normalized spacial score (nSPS) is 28.0. The Balaban J connectivity index is 1.58. The molecule has 1 amide bonds. The summed E-state index contributed by atoms with van der Waals surface area (Å²) in [4.78, 5) is 14.9. The second kappa shape index (κ2) is 7.20. The molecule has 0 saturated carbocycles. The standard InChI is InChI=1S/C23H26BrNO3/c1-16-13-18(9-10-20(16)24)17(2)25-12-11-23(28-21(25)26,14-22(3)15-27-22)19-7-5-4-6-8-19/h4-10,13,17H,11-12,14-15H2,1-3H3. The van der Waals surface area contributed by atoms with Crippen LogP contribution in [0.15, 0.2) is 53.0 Å². The summed E-state index contributed by atoms with van der Waals surface area (Å²) in [6.45, 7) is 7.58. The number of hydrogen-bond donors (Lipinski definition) is 0. The molecule has 3 atom stereocenters. The molecule has 2 heterocycles. The number of carbonyl (C=O) groups is 1. The van der Waals surface area contributed by atoms with Gasteiger partial charge in [0.1, 0.15) is 5.60 Å². The molecule has 0 aliphatic carbocycles. The van der Waals surface area contributed by atoms with E-state index in [-0.39, 0.29) is 17.7 Å². The van der Waals surface area contributed by atoms with Gasteiger partial charge in [0, 0.05) is 23.9 Å². The zero-order chi connectivity index (χ0) is 19.9. The molecule has 2 aromatic carbocycles. The second-order valence-electron chi connectivity index (χ2n) is 8.27. The number of amides is 1. The lowest BCUT2D eigenvalue weighted by Crippen LogP contribution is -2.50. The Morgan fingerprint density at radius 2 is 1.93 bits per heavy atom. The predicted octanol–water partition coefficient (Wildman–Crippen LogP) is 5.74. The Bertz CT molecular complexity index is 881. The fourth-order valence-corrected chi connectivity index (χ4v) is 4.38. The van der Waals surface area contributed by atoms with Crippen LogP contribution in [-0.4, -0.2) is 29.7 Å². The summed E-state index contributed by atoms with van der Waals surface area (Å²) in [5, 5.41) is 0. The Morgan fingerprint density at radius 1 is 1.21 bits per heavy atom. The van der Waals surface area contributed by atoms with Gasteiger partial charge in [-0.2, -0.15) is 0 Å². The van der Waals surface area contributed by atoms with Crippen molar-refractivity contribution in [2.24, 2.45) is 0 Å². The van der Waals surface area contributed by atoms with Gasteiger partial charge in [-0.25, -0.2) is 4.79 Å². The lowest BCUT2D eigenvalue weighted by atomic mass is 9.81. The molecule has 0 N–H and O–H groups in total. The quantitative estimate of drug-likeness (QED) is 0.553. The molecule has 3 unspecified atom stereocenters. The number of nitrogens with zero attached hydrogens (tertiary/aromatic N) is 1.